The first-order chi connectivity index (χ1) is 15.0. The normalized spacial score (nSPS) is 16.0. The van der Waals surface area contributed by atoms with Crippen LogP contribution in [-0.4, -0.2) is 58.5 Å². The Balaban J connectivity index is 1.52. The van der Waals surface area contributed by atoms with Crippen molar-refractivity contribution in [3.05, 3.63) is 43.2 Å². The molecule has 0 atom stereocenters. The molecule has 0 radical (unpaired) electrons. The molecule has 5 rings (SSSR count). The van der Waals surface area contributed by atoms with Crippen LogP contribution in [0.4, 0.5) is 0 Å². The summed E-state index contributed by atoms with van der Waals surface area (Å²) in [4.78, 5) is 11.8. The third kappa shape index (κ3) is 3.39. The number of rotatable bonds is 6. The van der Waals surface area contributed by atoms with Gasteiger partial charge in [0.15, 0.2) is 0 Å². The summed E-state index contributed by atoms with van der Waals surface area (Å²) in [6.07, 6.45) is 11.7. The van der Waals surface area contributed by atoms with Gasteiger partial charge in [0.25, 0.3) is 0 Å². The molecule has 4 aromatic rings. The molecule has 1 aliphatic heterocycles. The minimum absolute atomic E-state index is 0.281. The highest BCUT2D eigenvalue weighted by Gasteiger charge is 2.45. The molecule has 0 aliphatic carbocycles. The Bertz CT molecular complexity index is 1260. The van der Waals surface area contributed by atoms with Crippen LogP contribution in [0.25, 0.3) is 28.3 Å². The maximum Gasteiger partial charge on any atom is 0.149 e. The molecule has 0 amide bonds. The van der Waals surface area contributed by atoms with Gasteiger partial charge in [0.2, 0.25) is 0 Å². The van der Waals surface area contributed by atoms with Gasteiger partial charge in [0.1, 0.15) is 17.0 Å². The summed E-state index contributed by atoms with van der Waals surface area (Å²) in [5.74, 6) is 1.37. The average molecular weight is 416 g/mol. The molecule has 31 heavy (non-hydrogen) atoms. The Morgan fingerprint density at radius 2 is 1.97 bits per heavy atom. The number of aryl methyl sites for hydroxylation is 1. The maximum absolute atomic E-state index is 9.46. The van der Waals surface area contributed by atoms with Crippen molar-refractivity contribution in [3.8, 4) is 28.7 Å². The lowest BCUT2D eigenvalue weighted by atomic mass is 9.86. The van der Waals surface area contributed by atoms with Gasteiger partial charge in [-0.25, -0.2) is 9.97 Å². The first kappa shape index (κ1) is 19.5. The predicted molar refractivity (Wildman–Crippen MR) is 116 cm³/mol. The van der Waals surface area contributed by atoms with E-state index in [1.165, 1.54) is 0 Å². The van der Waals surface area contributed by atoms with Crippen LogP contribution >= 0.6 is 0 Å². The second kappa shape index (κ2) is 7.32. The fourth-order valence-electron chi connectivity index (χ4n) is 4.44. The van der Waals surface area contributed by atoms with E-state index in [4.69, 9.17) is 4.98 Å². The summed E-state index contributed by atoms with van der Waals surface area (Å²) < 4.78 is 5.68. The molecule has 0 bridgehead atoms. The quantitative estimate of drug-likeness (QED) is 0.481. The van der Waals surface area contributed by atoms with Gasteiger partial charge in [-0.05, 0) is 5.92 Å². The zero-order chi connectivity index (χ0) is 21.6. The molecule has 0 spiro atoms. The molecule has 0 saturated carbocycles. The van der Waals surface area contributed by atoms with Crippen molar-refractivity contribution in [1.82, 2.24) is 38.8 Å². The molecular weight excluding hydrogens is 390 g/mol. The third-order valence-electron chi connectivity index (χ3n) is 5.78. The molecule has 4 aromatic heterocycles. The molecular formula is C22H25N9. The summed E-state index contributed by atoms with van der Waals surface area (Å²) in [5.41, 5.74) is 3.18. The van der Waals surface area contributed by atoms with Crippen molar-refractivity contribution < 1.29 is 0 Å². The van der Waals surface area contributed by atoms with Crippen LogP contribution < -0.4 is 0 Å². The number of fused-ring (bicyclic) bond motifs is 1. The van der Waals surface area contributed by atoms with E-state index < -0.39 is 0 Å². The molecule has 0 aromatic carbocycles. The second-order valence-electron chi connectivity index (χ2n) is 8.82. The summed E-state index contributed by atoms with van der Waals surface area (Å²) >= 11 is 0. The van der Waals surface area contributed by atoms with Gasteiger partial charge in [0, 0.05) is 63.1 Å². The molecule has 5 heterocycles. The van der Waals surface area contributed by atoms with Gasteiger partial charge < -0.3 is 0 Å². The molecule has 9 heteroatoms. The number of imidazole rings is 1. The number of nitrogens with zero attached hydrogens (tertiary/aromatic N) is 9. The van der Waals surface area contributed by atoms with Crippen LogP contribution in [0, 0.1) is 17.2 Å². The van der Waals surface area contributed by atoms with Gasteiger partial charge in [-0.15, -0.1) is 0 Å². The third-order valence-corrected chi connectivity index (χ3v) is 5.78. The SMILES string of the molecule is CC(C)CN1CC(CC#N)(n2cc(-c3nc(-c4cnn(C)c4)cc4nccn34)cn2)C1. The van der Waals surface area contributed by atoms with E-state index in [0.717, 1.165) is 47.9 Å². The van der Waals surface area contributed by atoms with Gasteiger partial charge in [-0.1, -0.05) is 13.8 Å². The van der Waals surface area contributed by atoms with Crippen molar-refractivity contribution in [2.75, 3.05) is 19.6 Å². The number of hydrogen-bond donors (Lipinski definition) is 0. The van der Waals surface area contributed by atoms with Crippen molar-refractivity contribution in [2.24, 2.45) is 13.0 Å². The molecule has 1 fully saturated rings. The van der Waals surface area contributed by atoms with E-state index in [1.54, 1.807) is 17.1 Å². The molecule has 0 N–H and O–H groups in total. The zero-order valence-corrected chi connectivity index (χ0v) is 18.0. The van der Waals surface area contributed by atoms with Crippen LogP contribution in [0.5, 0.6) is 0 Å². The Morgan fingerprint density at radius 1 is 1.16 bits per heavy atom. The predicted octanol–water partition coefficient (Wildman–Crippen LogP) is 2.57. The summed E-state index contributed by atoms with van der Waals surface area (Å²) in [5, 5.41) is 18.4. The highest BCUT2D eigenvalue weighted by atomic mass is 15.4. The number of hydrogen-bond acceptors (Lipinski definition) is 6. The average Bonchev–Trinajstić information content (AvgIpc) is 3.45. The Labute approximate surface area is 180 Å². The summed E-state index contributed by atoms with van der Waals surface area (Å²) in [7, 11) is 1.89. The minimum Gasteiger partial charge on any atom is -0.298 e. The Hall–Kier alpha value is -3.51. The summed E-state index contributed by atoms with van der Waals surface area (Å²) in [6.45, 7) is 7.14. The van der Waals surface area contributed by atoms with Gasteiger partial charge in [0.05, 0.1) is 36.1 Å². The molecule has 9 nitrogen and oxygen atoms in total. The fourth-order valence-corrected chi connectivity index (χ4v) is 4.44. The lowest BCUT2D eigenvalue weighted by molar-refractivity contribution is -0.00217. The van der Waals surface area contributed by atoms with Gasteiger partial charge in [-0.3, -0.25) is 18.7 Å². The van der Waals surface area contributed by atoms with Crippen LogP contribution in [0.2, 0.25) is 0 Å². The highest BCUT2D eigenvalue weighted by Crippen LogP contribution is 2.34. The maximum atomic E-state index is 9.46. The van der Waals surface area contributed by atoms with Crippen LogP contribution in [0.3, 0.4) is 0 Å². The van der Waals surface area contributed by atoms with Gasteiger partial charge in [-0.2, -0.15) is 15.5 Å². The summed E-state index contributed by atoms with van der Waals surface area (Å²) in [6, 6.07) is 4.32. The standard InChI is InChI=1S/C22H25N9/c1-16(2)11-29-14-22(15-29,4-5-23)31-13-18(10-26-31)21-27-19(17-9-25-28(3)12-17)8-20-24-6-7-30(20)21/h6-10,12-13,16H,4,11,14-15H2,1-3H3. The topological polar surface area (TPSA) is 92.9 Å². The first-order valence-corrected chi connectivity index (χ1v) is 10.5. The molecule has 0 unspecified atom stereocenters. The lowest BCUT2D eigenvalue weighted by Crippen LogP contribution is -2.63. The van der Waals surface area contributed by atoms with Gasteiger partial charge >= 0.3 is 0 Å². The van der Waals surface area contributed by atoms with Crippen LogP contribution in [0.1, 0.15) is 20.3 Å². The fraction of sp³-hybridized carbons (Fsp3) is 0.409. The van der Waals surface area contributed by atoms with Crippen molar-refractivity contribution in [3.63, 3.8) is 0 Å². The van der Waals surface area contributed by atoms with Crippen molar-refractivity contribution in [2.45, 2.75) is 25.8 Å². The monoisotopic (exact) mass is 415 g/mol. The van der Waals surface area contributed by atoms with Crippen molar-refractivity contribution in [1.29, 1.82) is 5.26 Å². The van der Waals surface area contributed by atoms with E-state index in [2.05, 4.69) is 40.0 Å². The van der Waals surface area contributed by atoms with Crippen molar-refractivity contribution >= 4 is 5.65 Å². The minimum atomic E-state index is -0.281. The van der Waals surface area contributed by atoms with E-state index in [1.807, 2.05) is 47.0 Å². The van der Waals surface area contributed by atoms with E-state index in [-0.39, 0.29) is 5.54 Å². The Morgan fingerprint density at radius 3 is 2.68 bits per heavy atom. The van der Waals surface area contributed by atoms with Crippen LogP contribution in [-0.2, 0) is 12.6 Å². The van der Waals surface area contributed by atoms with E-state index >= 15 is 0 Å². The largest absolute Gasteiger partial charge is 0.298 e. The van der Waals surface area contributed by atoms with Crippen LogP contribution in [0.15, 0.2) is 43.2 Å². The lowest BCUT2D eigenvalue weighted by Gasteiger charge is -2.49. The smallest absolute Gasteiger partial charge is 0.149 e. The zero-order valence-electron chi connectivity index (χ0n) is 18.0. The number of likely N-dealkylation sites (tertiary alicyclic amines) is 1. The Kier molecular flexibility index (Phi) is 4.59. The molecule has 1 aliphatic rings. The van der Waals surface area contributed by atoms with E-state index in [0.29, 0.717) is 12.3 Å². The second-order valence-corrected chi connectivity index (χ2v) is 8.82. The van der Waals surface area contributed by atoms with E-state index in [9.17, 15) is 5.26 Å². The number of nitriles is 1. The highest BCUT2D eigenvalue weighted by molar-refractivity contribution is 5.68. The number of aromatic nitrogens is 7. The molecule has 1 saturated heterocycles. The molecule has 158 valence electrons. The first-order valence-electron chi connectivity index (χ1n) is 10.5.